The maximum Gasteiger partial charge on any atom is 0.237 e. The molecular formula is C9H17N2O2. The number of hydrogen-bond donors (Lipinski definition) is 0. The van der Waals surface area contributed by atoms with Crippen LogP contribution in [-0.2, 0) is 9.53 Å². The molecule has 0 aromatic carbocycles. The third kappa shape index (κ3) is 2.97. The fourth-order valence-electron chi connectivity index (χ4n) is 1.43. The first-order valence-corrected chi connectivity index (χ1v) is 4.71. The molecule has 0 bridgehead atoms. The Morgan fingerprint density at radius 1 is 1.54 bits per heavy atom. The topological polar surface area (TPSA) is 32.8 Å². The molecule has 13 heavy (non-hydrogen) atoms. The summed E-state index contributed by atoms with van der Waals surface area (Å²) in [6.07, 6.45) is 0.957. The second-order valence-electron chi connectivity index (χ2n) is 3.08. The third-order valence-corrected chi connectivity index (χ3v) is 2.05. The molecule has 1 saturated heterocycles. The van der Waals surface area contributed by atoms with Crippen LogP contribution in [0.5, 0.6) is 0 Å². The van der Waals surface area contributed by atoms with Gasteiger partial charge in [-0.25, -0.2) is 5.01 Å². The Balaban J connectivity index is 2.46. The van der Waals surface area contributed by atoms with Crippen molar-refractivity contribution in [2.45, 2.75) is 13.3 Å². The van der Waals surface area contributed by atoms with Gasteiger partial charge in [-0.15, -0.1) is 0 Å². The lowest BCUT2D eigenvalue weighted by Gasteiger charge is -2.36. The molecule has 0 aliphatic carbocycles. The van der Waals surface area contributed by atoms with Crippen molar-refractivity contribution < 1.29 is 9.53 Å². The monoisotopic (exact) mass is 185 g/mol. The van der Waals surface area contributed by atoms with E-state index in [1.54, 1.807) is 5.01 Å². The molecule has 0 saturated carbocycles. The van der Waals surface area contributed by atoms with E-state index in [1.807, 2.05) is 5.01 Å². The fourth-order valence-corrected chi connectivity index (χ4v) is 1.43. The van der Waals surface area contributed by atoms with Gasteiger partial charge < -0.3 is 4.74 Å². The van der Waals surface area contributed by atoms with E-state index in [1.165, 1.54) is 0 Å². The van der Waals surface area contributed by atoms with Crippen molar-refractivity contribution in [3.05, 3.63) is 6.92 Å². The largest absolute Gasteiger partial charge is 0.379 e. The van der Waals surface area contributed by atoms with Crippen molar-refractivity contribution in [2.75, 3.05) is 32.8 Å². The summed E-state index contributed by atoms with van der Waals surface area (Å²) >= 11 is 0. The van der Waals surface area contributed by atoms with Crippen molar-refractivity contribution in [2.24, 2.45) is 0 Å². The Labute approximate surface area is 79.4 Å². The zero-order valence-corrected chi connectivity index (χ0v) is 8.16. The molecule has 0 N–H and O–H groups in total. The Morgan fingerprint density at radius 2 is 2.15 bits per heavy atom. The zero-order valence-electron chi connectivity index (χ0n) is 8.16. The maximum absolute atomic E-state index is 11.2. The lowest BCUT2D eigenvalue weighted by atomic mass is 10.4. The van der Waals surface area contributed by atoms with Gasteiger partial charge in [0.25, 0.3) is 0 Å². The summed E-state index contributed by atoms with van der Waals surface area (Å²) in [6, 6.07) is 0. The van der Waals surface area contributed by atoms with Crippen LogP contribution >= 0.6 is 0 Å². The summed E-state index contributed by atoms with van der Waals surface area (Å²) in [7, 11) is 0. The summed E-state index contributed by atoms with van der Waals surface area (Å²) in [6.45, 7) is 9.23. The molecule has 1 aliphatic heterocycles. The second-order valence-corrected chi connectivity index (χ2v) is 3.08. The van der Waals surface area contributed by atoms with Crippen LogP contribution in [0.15, 0.2) is 0 Å². The summed E-state index contributed by atoms with van der Waals surface area (Å²) in [4.78, 5) is 11.2. The van der Waals surface area contributed by atoms with Crippen LogP contribution in [0.4, 0.5) is 0 Å². The van der Waals surface area contributed by atoms with Gasteiger partial charge in [-0.1, -0.05) is 6.92 Å². The first-order valence-electron chi connectivity index (χ1n) is 4.71. The molecule has 0 aromatic heterocycles. The molecule has 0 spiro atoms. The number of rotatable bonds is 3. The van der Waals surface area contributed by atoms with Crippen molar-refractivity contribution >= 4 is 5.91 Å². The van der Waals surface area contributed by atoms with Crippen LogP contribution in [0.25, 0.3) is 0 Å². The van der Waals surface area contributed by atoms with Crippen LogP contribution < -0.4 is 0 Å². The first-order chi connectivity index (χ1) is 6.25. The smallest absolute Gasteiger partial charge is 0.237 e. The quantitative estimate of drug-likeness (QED) is 0.634. The van der Waals surface area contributed by atoms with E-state index < -0.39 is 0 Å². The Bertz CT molecular complexity index is 167. The molecule has 4 heteroatoms. The van der Waals surface area contributed by atoms with Gasteiger partial charge >= 0.3 is 0 Å². The van der Waals surface area contributed by atoms with E-state index in [9.17, 15) is 4.79 Å². The number of hydrazine groups is 1. The molecular weight excluding hydrogens is 168 g/mol. The number of hydrogen-bond acceptors (Lipinski definition) is 3. The number of carbonyl (C=O) groups is 1. The molecule has 1 aliphatic rings. The molecule has 1 rings (SSSR count). The molecule has 0 aromatic rings. The molecule has 1 radical (unpaired) electrons. The molecule has 0 unspecified atom stereocenters. The number of carbonyl (C=O) groups excluding carboxylic acids is 1. The van der Waals surface area contributed by atoms with Crippen molar-refractivity contribution in [3.8, 4) is 0 Å². The highest BCUT2D eigenvalue weighted by Crippen LogP contribution is 2.04. The summed E-state index contributed by atoms with van der Waals surface area (Å²) in [5, 5.41) is 3.73. The highest BCUT2D eigenvalue weighted by molar-refractivity contribution is 5.79. The molecule has 1 amide bonds. The van der Waals surface area contributed by atoms with E-state index in [-0.39, 0.29) is 5.91 Å². The van der Waals surface area contributed by atoms with Gasteiger partial charge in [0.05, 0.1) is 13.2 Å². The van der Waals surface area contributed by atoms with E-state index in [2.05, 4.69) is 13.8 Å². The molecule has 1 fully saturated rings. The van der Waals surface area contributed by atoms with Gasteiger partial charge in [0.15, 0.2) is 0 Å². The van der Waals surface area contributed by atoms with Crippen LogP contribution in [0, 0.1) is 6.92 Å². The van der Waals surface area contributed by atoms with Gasteiger partial charge in [-0.3, -0.25) is 9.80 Å². The molecule has 75 valence electrons. The van der Waals surface area contributed by atoms with E-state index in [4.69, 9.17) is 4.74 Å². The standard InChI is InChI=1S/C9H17N2O2/c1-3-4-11(9(2)12)10-5-7-13-8-6-10/h2-8H2,1H3. The molecule has 1 heterocycles. The van der Waals surface area contributed by atoms with E-state index in [0.29, 0.717) is 13.2 Å². The summed E-state index contributed by atoms with van der Waals surface area (Å²) in [5.41, 5.74) is 0. The van der Waals surface area contributed by atoms with Crippen LogP contribution in [0.3, 0.4) is 0 Å². The van der Waals surface area contributed by atoms with Gasteiger partial charge in [0.2, 0.25) is 5.91 Å². The first kappa shape index (κ1) is 10.5. The maximum atomic E-state index is 11.2. The Hall–Kier alpha value is -0.610. The number of amides is 1. The van der Waals surface area contributed by atoms with Gasteiger partial charge in [-0.05, 0) is 6.42 Å². The zero-order chi connectivity index (χ0) is 9.68. The minimum Gasteiger partial charge on any atom is -0.379 e. The predicted molar refractivity (Wildman–Crippen MR) is 49.8 cm³/mol. The number of nitrogens with zero attached hydrogens (tertiary/aromatic N) is 2. The Morgan fingerprint density at radius 3 is 2.62 bits per heavy atom. The molecule has 0 atom stereocenters. The SMILES string of the molecule is [CH2]C(=O)N(CCC)N1CCOCC1. The number of ether oxygens (including phenoxy) is 1. The average Bonchev–Trinajstić information content (AvgIpc) is 2.15. The van der Waals surface area contributed by atoms with Gasteiger partial charge in [0.1, 0.15) is 0 Å². The normalized spacial score (nSPS) is 18.6. The molecule has 4 nitrogen and oxygen atoms in total. The lowest BCUT2D eigenvalue weighted by Crippen LogP contribution is -2.51. The third-order valence-electron chi connectivity index (χ3n) is 2.05. The van der Waals surface area contributed by atoms with Crippen molar-refractivity contribution in [1.29, 1.82) is 0 Å². The van der Waals surface area contributed by atoms with Crippen molar-refractivity contribution in [3.63, 3.8) is 0 Å². The van der Waals surface area contributed by atoms with Crippen LogP contribution in [0.1, 0.15) is 13.3 Å². The van der Waals surface area contributed by atoms with Crippen LogP contribution in [-0.4, -0.2) is 48.8 Å². The second kappa shape index (κ2) is 5.19. The minimum absolute atomic E-state index is 0.122. The highest BCUT2D eigenvalue weighted by atomic mass is 16.5. The number of morpholine rings is 1. The van der Waals surface area contributed by atoms with Crippen LogP contribution in [0.2, 0.25) is 0 Å². The Kier molecular flexibility index (Phi) is 4.18. The predicted octanol–water partition coefficient (Wildman–Crippen LogP) is 0.306. The van der Waals surface area contributed by atoms with Crippen molar-refractivity contribution in [1.82, 2.24) is 10.0 Å². The fraction of sp³-hybridized carbons (Fsp3) is 0.778. The van der Waals surface area contributed by atoms with Gasteiger partial charge in [-0.2, -0.15) is 0 Å². The lowest BCUT2D eigenvalue weighted by molar-refractivity contribution is -0.151. The highest BCUT2D eigenvalue weighted by Gasteiger charge is 2.19. The minimum atomic E-state index is -0.122. The summed E-state index contributed by atoms with van der Waals surface area (Å²) in [5.74, 6) is -0.122. The van der Waals surface area contributed by atoms with Gasteiger partial charge in [0, 0.05) is 26.6 Å². The average molecular weight is 185 g/mol. The van der Waals surface area contributed by atoms with E-state index >= 15 is 0 Å². The van der Waals surface area contributed by atoms with E-state index in [0.717, 1.165) is 26.1 Å². The summed E-state index contributed by atoms with van der Waals surface area (Å²) < 4.78 is 5.21.